The highest BCUT2D eigenvalue weighted by Crippen LogP contribution is 2.20. The summed E-state index contributed by atoms with van der Waals surface area (Å²) >= 11 is 7.20. The van der Waals surface area contributed by atoms with Gasteiger partial charge in [-0.1, -0.05) is 29.4 Å². The van der Waals surface area contributed by atoms with E-state index in [4.69, 9.17) is 11.6 Å². The quantitative estimate of drug-likeness (QED) is 0.864. The molecule has 0 aromatic carbocycles. The molecule has 0 fully saturated rings. The maximum atomic E-state index is 11.8. The summed E-state index contributed by atoms with van der Waals surface area (Å²) in [5, 5.41) is 1.37. The molecule has 2 aromatic heterocycles. The Morgan fingerprint density at radius 1 is 1.42 bits per heavy atom. The molecular formula is C11H13ClN4O2S. The van der Waals surface area contributed by atoms with Crippen LogP contribution in [0, 0.1) is 0 Å². The highest BCUT2D eigenvalue weighted by Gasteiger charge is 2.14. The van der Waals surface area contributed by atoms with Gasteiger partial charge in [-0.25, -0.2) is 9.78 Å². The Kier molecular flexibility index (Phi) is 3.86. The van der Waals surface area contributed by atoms with Gasteiger partial charge in [-0.2, -0.15) is 0 Å². The van der Waals surface area contributed by atoms with Crippen LogP contribution in [0.4, 0.5) is 0 Å². The summed E-state index contributed by atoms with van der Waals surface area (Å²) in [5.41, 5.74) is -0.130. The Morgan fingerprint density at radius 2 is 2.11 bits per heavy atom. The first kappa shape index (κ1) is 14.0. The Hall–Kier alpha value is -1.47. The molecule has 0 radical (unpaired) electrons. The van der Waals surface area contributed by atoms with Crippen LogP contribution in [-0.4, -0.2) is 24.9 Å². The topological polar surface area (TPSA) is 72.7 Å². The van der Waals surface area contributed by atoms with Crippen molar-refractivity contribution >= 4 is 34.5 Å². The summed E-state index contributed by atoms with van der Waals surface area (Å²) in [6.07, 6.45) is 1.86. The van der Waals surface area contributed by atoms with Gasteiger partial charge in [0.1, 0.15) is 0 Å². The van der Waals surface area contributed by atoms with E-state index in [-0.39, 0.29) is 0 Å². The minimum absolute atomic E-state index is 0.380. The third-order valence-corrected chi connectivity index (χ3v) is 3.78. The molecule has 1 N–H and O–H groups in total. The molecule has 8 heteroatoms. The van der Waals surface area contributed by atoms with Gasteiger partial charge in [0.25, 0.3) is 5.56 Å². The number of H-pyrrole nitrogens is 1. The molecule has 6 nitrogen and oxygen atoms in total. The van der Waals surface area contributed by atoms with Gasteiger partial charge in [0.05, 0.1) is 0 Å². The number of imidazole rings is 1. The maximum Gasteiger partial charge on any atom is 0.329 e. The lowest BCUT2D eigenvalue weighted by Gasteiger charge is -1.99. The van der Waals surface area contributed by atoms with Crippen molar-refractivity contribution in [2.75, 3.05) is 5.75 Å². The second-order valence-electron chi connectivity index (χ2n) is 4.05. The second-order valence-corrected chi connectivity index (χ2v) is 5.63. The number of rotatable bonds is 3. The molecule has 0 aliphatic rings. The van der Waals surface area contributed by atoms with Crippen molar-refractivity contribution in [2.24, 2.45) is 14.1 Å². The molecule has 0 atom stereocenters. The molecule has 0 aliphatic heterocycles. The highest BCUT2D eigenvalue weighted by molar-refractivity contribution is 7.99. The summed E-state index contributed by atoms with van der Waals surface area (Å²) in [7, 11) is 3.32. The number of hydrogen-bond donors (Lipinski definition) is 1. The Morgan fingerprint density at radius 3 is 2.74 bits per heavy atom. The van der Waals surface area contributed by atoms with Crippen molar-refractivity contribution < 1.29 is 0 Å². The standard InChI is InChI=1S/C11H13ClN4O2S/c1-6(12)4-5-19-11-13-8-7(15(11)2)9(17)14-10(18)16(8)3/h4H,5H2,1-3H3,(H,14,17,18)/b6-4-. The van der Waals surface area contributed by atoms with E-state index < -0.39 is 11.2 Å². The molecular weight excluding hydrogens is 288 g/mol. The number of thioether (sulfide) groups is 1. The van der Waals surface area contributed by atoms with E-state index in [2.05, 4.69) is 9.97 Å². The molecule has 0 saturated carbocycles. The first-order valence-electron chi connectivity index (χ1n) is 5.52. The van der Waals surface area contributed by atoms with Crippen LogP contribution in [0.25, 0.3) is 11.2 Å². The van der Waals surface area contributed by atoms with E-state index in [0.29, 0.717) is 27.1 Å². The number of nitrogens with zero attached hydrogens (tertiary/aromatic N) is 3. The summed E-state index contributed by atoms with van der Waals surface area (Å²) in [5.74, 6) is 0.651. The third-order valence-electron chi connectivity index (χ3n) is 2.67. The summed E-state index contributed by atoms with van der Waals surface area (Å²) in [4.78, 5) is 29.9. The number of aryl methyl sites for hydroxylation is 2. The van der Waals surface area contributed by atoms with E-state index in [1.807, 2.05) is 6.08 Å². The van der Waals surface area contributed by atoms with E-state index in [1.54, 1.807) is 25.6 Å². The minimum atomic E-state index is -0.469. The highest BCUT2D eigenvalue weighted by atomic mass is 35.5. The summed E-state index contributed by atoms with van der Waals surface area (Å²) < 4.78 is 3.00. The number of fused-ring (bicyclic) bond motifs is 1. The predicted octanol–water partition coefficient (Wildman–Crippen LogP) is 1.19. The number of nitrogens with one attached hydrogen (secondary N) is 1. The van der Waals surface area contributed by atoms with Crippen LogP contribution in [0.5, 0.6) is 0 Å². The van der Waals surface area contributed by atoms with Crippen molar-refractivity contribution in [1.29, 1.82) is 0 Å². The van der Waals surface area contributed by atoms with Gasteiger partial charge in [-0.3, -0.25) is 14.3 Å². The molecule has 0 unspecified atom stereocenters. The SMILES string of the molecule is C/C(Cl)=C/CSc1nc2c(c(=O)[nH]c(=O)n2C)n1C. The van der Waals surface area contributed by atoms with Crippen LogP contribution in [0.15, 0.2) is 25.9 Å². The molecule has 102 valence electrons. The van der Waals surface area contributed by atoms with E-state index in [9.17, 15) is 9.59 Å². The van der Waals surface area contributed by atoms with Gasteiger partial charge in [0.2, 0.25) is 0 Å². The monoisotopic (exact) mass is 300 g/mol. The molecule has 2 heterocycles. The lowest BCUT2D eigenvalue weighted by molar-refractivity contribution is 0.812. The molecule has 0 amide bonds. The zero-order valence-electron chi connectivity index (χ0n) is 10.7. The van der Waals surface area contributed by atoms with Crippen molar-refractivity contribution in [2.45, 2.75) is 12.1 Å². The van der Waals surface area contributed by atoms with Crippen LogP contribution in [0.2, 0.25) is 0 Å². The van der Waals surface area contributed by atoms with Gasteiger partial charge in [0, 0.05) is 24.9 Å². The largest absolute Gasteiger partial charge is 0.329 e. The Balaban J connectivity index is 2.54. The Bertz CT molecular complexity index is 767. The third kappa shape index (κ3) is 2.62. The average molecular weight is 301 g/mol. The molecule has 0 bridgehead atoms. The van der Waals surface area contributed by atoms with Crippen molar-refractivity contribution in [3.8, 4) is 0 Å². The number of aromatic amines is 1. The predicted molar refractivity (Wildman–Crippen MR) is 76.9 cm³/mol. The maximum absolute atomic E-state index is 11.8. The molecule has 19 heavy (non-hydrogen) atoms. The van der Waals surface area contributed by atoms with Crippen LogP contribution in [0.1, 0.15) is 6.92 Å². The first-order valence-corrected chi connectivity index (χ1v) is 6.89. The van der Waals surface area contributed by atoms with Crippen LogP contribution in [0.3, 0.4) is 0 Å². The fourth-order valence-corrected chi connectivity index (χ4v) is 2.74. The van der Waals surface area contributed by atoms with Gasteiger partial charge in [-0.05, 0) is 6.92 Å². The molecule has 2 aromatic rings. The summed E-state index contributed by atoms with van der Waals surface area (Å²) in [6.45, 7) is 1.80. The smallest absolute Gasteiger partial charge is 0.316 e. The fraction of sp³-hybridized carbons (Fsp3) is 0.364. The normalized spacial score (nSPS) is 12.3. The average Bonchev–Trinajstić information content (AvgIpc) is 2.64. The van der Waals surface area contributed by atoms with Crippen molar-refractivity contribution in [3.63, 3.8) is 0 Å². The van der Waals surface area contributed by atoms with Crippen molar-refractivity contribution in [1.82, 2.24) is 19.1 Å². The second kappa shape index (κ2) is 5.26. The zero-order valence-corrected chi connectivity index (χ0v) is 12.3. The lowest BCUT2D eigenvalue weighted by Crippen LogP contribution is -2.29. The zero-order chi connectivity index (χ0) is 14.2. The lowest BCUT2D eigenvalue weighted by atomic mass is 10.5. The van der Waals surface area contributed by atoms with Crippen LogP contribution < -0.4 is 11.2 Å². The number of halogens is 1. The minimum Gasteiger partial charge on any atom is -0.316 e. The molecule has 0 spiro atoms. The van der Waals surface area contributed by atoms with E-state index in [0.717, 1.165) is 0 Å². The number of aromatic nitrogens is 4. The van der Waals surface area contributed by atoms with E-state index >= 15 is 0 Å². The van der Waals surface area contributed by atoms with Gasteiger partial charge >= 0.3 is 5.69 Å². The van der Waals surface area contributed by atoms with Crippen LogP contribution >= 0.6 is 23.4 Å². The number of allylic oxidation sites excluding steroid dienone is 1. The fourth-order valence-electron chi connectivity index (χ4n) is 1.65. The summed E-state index contributed by atoms with van der Waals surface area (Å²) in [6, 6.07) is 0. The first-order chi connectivity index (χ1) is 8.91. The van der Waals surface area contributed by atoms with Crippen LogP contribution in [-0.2, 0) is 14.1 Å². The number of hydrogen-bond acceptors (Lipinski definition) is 4. The van der Waals surface area contributed by atoms with Gasteiger partial charge in [-0.15, -0.1) is 0 Å². The van der Waals surface area contributed by atoms with Gasteiger partial charge < -0.3 is 4.57 Å². The molecule has 0 aliphatic carbocycles. The van der Waals surface area contributed by atoms with Crippen molar-refractivity contribution in [3.05, 3.63) is 31.9 Å². The molecule has 2 rings (SSSR count). The Labute approximate surface area is 118 Å². The molecule has 0 saturated heterocycles. The van der Waals surface area contributed by atoms with Gasteiger partial charge in [0.15, 0.2) is 16.3 Å². The van der Waals surface area contributed by atoms with E-state index in [1.165, 1.54) is 16.3 Å².